The average molecular weight is 438 g/mol. The molecule has 0 aliphatic heterocycles. The second kappa shape index (κ2) is 10.3. The Kier molecular flexibility index (Phi) is 7.75. The number of nitrogens with one attached hydrogen (secondary N) is 2. The summed E-state index contributed by atoms with van der Waals surface area (Å²) in [6.45, 7) is 5.79. The van der Waals surface area contributed by atoms with Crippen molar-refractivity contribution in [2.45, 2.75) is 58.7 Å². The van der Waals surface area contributed by atoms with Gasteiger partial charge in [0.1, 0.15) is 0 Å². The van der Waals surface area contributed by atoms with E-state index in [0.717, 1.165) is 31.5 Å². The third kappa shape index (κ3) is 6.32. The first-order valence-corrected chi connectivity index (χ1v) is 10.9. The lowest BCUT2D eigenvalue weighted by molar-refractivity contribution is -0.137. The maximum atomic E-state index is 12.9. The zero-order chi connectivity index (χ0) is 22.4. The van der Waals surface area contributed by atoms with E-state index in [4.69, 9.17) is 4.52 Å². The fourth-order valence-electron chi connectivity index (χ4n) is 3.89. The van der Waals surface area contributed by atoms with Crippen LogP contribution in [0.2, 0.25) is 0 Å². The Labute approximate surface area is 180 Å². The molecule has 0 bridgehead atoms. The zero-order valence-electron chi connectivity index (χ0n) is 18.0. The van der Waals surface area contributed by atoms with Gasteiger partial charge in [0.25, 0.3) is 5.91 Å². The number of carbonyl (C=O) groups is 1. The molecule has 0 unspecified atom stereocenters. The predicted octanol–water partition coefficient (Wildman–Crippen LogP) is 5.42. The van der Waals surface area contributed by atoms with Gasteiger partial charge in [-0.1, -0.05) is 50.4 Å². The van der Waals surface area contributed by atoms with Gasteiger partial charge in [-0.15, -0.1) is 0 Å². The van der Waals surface area contributed by atoms with Gasteiger partial charge in [-0.2, -0.15) is 13.2 Å². The van der Waals surface area contributed by atoms with Gasteiger partial charge in [-0.3, -0.25) is 4.79 Å². The second-order valence-electron chi connectivity index (χ2n) is 8.65. The molecule has 0 spiro atoms. The standard InChI is InChI=1S/C23H30F3N3O2/c1-15(2)12-27-14-19-20(22(30)28-13-16-6-4-3-5-7-16)29-31-21(19)17-8-10-18(11-9-17)23(24,25)26/h8-11,15-16,27H,3-7,12-14H2,1-2H3,(H,28,30). The first-order valence-electron chi connectivity index (χ1n) is 10.9. The first-order chi connectivity index (χ1) is 14.8. The summed E-state index contributed by atoms with van der Waals surface area (Å²) in [7, 11) is 0. The van der Waals surface area contributed by atoms with Crippen molar-refractivity contribution in [1.29, 1.82) is 0 Å². The van der Waals surface area contributed by atoms with Gasteiger partial charge in [0.05, 0.1) is 5.56 Å². The van der Waals surface area contributed by atoms with E-state index in [9.17, 15) is 18.0 Å². The van der Waals surface area contributed by atoms with Crippen LogP contribution in [0, 0.1) is 11.8 Å². The monoisotopic (exact) mass is 437 g/mol. The third-order valence-corrected chi connectivity index (χ3v) is 5.61. The Morgan fingerprint density at radius 3 is 2.45 bits per heavy atom. The minimum Gasteiger partial charge on any atom is -0.355 e. The Hall–Kier alpha value is -2.35. The van der Waals surface area contributed by atoms with Crippen LogP contribution in [0.5, 0.6) is 0 Å². The highest BCUT2D eigenvalue weighted by molar-refractivity contribution is 5.95. The van der Waals surface area contributed by atoms with Crippen molar-refractivity contribution >= 4 is 5.91 Å². The highest BCUT2D eigenvalue weighted by Gasteiger charge is 2.30. The van der Waals surface area contributed by atoms with E-state index < -0.39 is 11.7 Å². The van der Waals surface area contributed by atoms with Crippen LogP contribution < -0.4 is 10.6 Å². The van der Waals surface area contributed by atoms with Gasteiger partial charge in [0, 0.05) is 24.2 Å². The molecule has 2 aromatic rings. The van der Waals surface area contributed by atoms with E-state index in [-0.39, 0.29) is 11.6 Å². The van der Waals surface area contributed by atoms with Crippen LogP contribution in [0.1, 0.15) is 67.6 Å². The molecule has 3 rings (SSSR count). The maximum Gasteiger partial charge on any atom is 0.416 e. The molecule has 0 radical (unpaired) electrons. The van der Waals surface area contributed by atoms with Gasteiger partial charge in [-0.05, 0) is 43.4 Å². The topological polar surface area (TPSA) is 67.2 Å². The molecule has 1 aromatic carbocycles. The van der Waals surface area contributed by atoms with Crippen molar-refractivity contribution in [3.63, 3.8) is 0 Å². The van der Waals surface area contributed by atoms with Crippen molar-refractivity contribution in [2.24, 2.45) is 11.8 Å². The molecule has 1 heterocycles. The Bertz CT molecular complexity index is 854. The number of halogens is 3. The van der Waals surface area contributed by atoms with Crippen LogP contribution in [0.4, 0.5) is 13.2 Å². The van der Waals surface area contributed by atoms with Crippen LogP contribution in [0.3, 0.4) is 0 Å². The SMILES string of the molecule is CC(C)CNCc1c(C(=O)NCC2CCCCC2)noc1-c1ccc(C(F)(F)F)cc1. The fourth-order valence-corrected chi connectivity index (χ4v) is 3.89. The van der Waals surface area contributed by atoms with Crippen LogP contribution in [-0.4, -0.2) is 24.2 Å². The lowest BCUT2D eigenvalue weighted by Crippen LogP contribution is -2.31. The number of benzene rings is 1. The molecule has 1 aromatic heterocycles. The maximum absolute atomic E-state index is 12.9. The van der Waals surface area contributed by atoms with Gasteiger partial charge in [0.15, 0.2) is 11.5 Å². The fraction of sp³-hybridized carbons (Fsp3) is 0.565. The second-order valence-corrected chi connectivity index (χ2v) is 8.65. The number of alkyl halides is 3. The molecular weight excluding hydrogens is 407 g/mol. The molecule has 1 amide bonds. The minimum absolute atomic E-state index is 0.182. The van der Waals surface area contributed by atoms with Crippen LogP contribution in [0.15, 0.2) is 28.8 Å². The molecule has 2 N–H and O–H groups in total. The summed E-state index contributed by atoms with van der Waals surface area (Å²) in [4.78, 5) is 12.8. The number of carbonyl (C=O) groups excluding carboxylic acids is 1. The zero-order valence-corrected chi connectivity index (χ0v) is 18.0. The van der Waals surface area contributed by atoms with Crippen LogP contribution in [-0.2, 0) is 12.7 Å². The van der Waals surface area contributed by atoms with Crippen molar-refractivity contribution in [3.05, 3.63) is 41.1 Å². The molecular formula is C23H30F3N3O2. The van der Waals surface area contributed by atoms with Crippen molar-refractivity contribution < 1.29 is 22.5 Å². The van der Waals surface area contributed by atoms with E-state index in [2.05, 4.69) is 29.6 Å². The number of hydrogen-bond donors (Lipinski definition) is 2. The van der Waals surface area contributed by atoms with Crippen molar-refractivity contribution in [1.82, 2.24) is 15.8 Å². The largest absolute Gasteiger partial charge is 0.416 e. The Morgan fingerprint density at radius 2 is 1.84 bits per heavy atom. The molecule has 1 aliphatic rings. The molecule has 31 heavy (non-hydrogen) atoms. The highest BCUT2D eigenvalue weighted by Crippen LogP contribution is 2.32. The van der Waals surface area contributed by atoms with E-state index in [1.165, 1.54) is 31.4 Å². The van der Waals surface area contributed by atoms with Gasteiger partial charge < -0.3 is 15.2 Å². The summed E-state index contributed by atoms with van der Waals surface area (Å²) in [5.74, 6) is 0.876. The molecule has 0 atom stereocenters. The first kappa shape index (κ1) is 23.3. The quantitative estimate of drug-likeness (QED) is 0.579. The summed E-state index contributed by atoms with van der Waals surface area (Å²) in [5, 5.41) is 10.2. The number of aromatic nitrogens is 1. The number of rotatable bonds is 8. The Morgan fingerprint density at radius 1 is 1.16 bits per heavy atom. The minimum atomic E-state index is -4.41. The molecule has 5 nitrogen and oxygen atoms in total. The van der Waals surface area contributed by atoms with Gasteiger partial charge >= 0.3 is 6.18 Å². The van der Waals surface area contributed by atoms with E-state index in [1.807, 2.05) is 0 Å². The molecule has 8 heteroatoms. The van der Waals surface area contributed by atoms with Gasteiger partial charge in [-0.25, -0.2) is 0 Å². The van der Waals surface area contributed by atoms with Crippen LogP contribution >= 0.6 is 0 Å². The molecule has 1 fully saturated rings. The molecule has 0 saturated heterocycles. The summed E-state index contributed by atoms with van der Waals surface area (Å²) in [5.41, 5.74) is 0.456. The van der Waals surface area contributed by atoms with E-state index in [1.54, 1.807) is 0 Å². The van der Waals surface area contributed by atoms with Crippen molar-refractivity contribution in [3.8, 4) is 11.3 Å². The number of amides is 1. The lowest BCUT2D eigenvalue weighted by atomic mass is 9.89. The van der Waals surface area contributed by atoms with E-state index in [0.29, 0.717) is 41.8 Å². The lowest BCUT2D eigenvalue weighted by Gasteiger charge is -2.21. The summed E-state index contributed by atoms with van der Waals surface area (Å²) in [6, 6.07) is 4.70. The molecule has 1 aliphatic carbocycles. The van der Waals surface area contributed by atoms with Gasteiger partial charge in [0.2, 0.25) is 0 Å². The number of nitrogens with zero attached hydrogens (tertiary/aromatic N) is 1. The smallest absolute Gasteiger partial charge is 0.355 e. The van der Waals surface area contributed by atoms with Crippen LogP contribution in [0.25, 0.3) is 11.3 Å². The normalized spacial score (nSPS) is 15.4. The number of hydrogen-bond acceptors (Lipinski definition) is 4. The summed E-state index contributed by atoms with van der Waals surface area (Å²) >= 11 is 0. The summed E-state index contributed by atoms with van der Waals surface area (Å²) in [6.07, 6.45) is 1.43. The highest BCUT2D eigenvalue weighted by atomic mass is 19.4. The Balaban J connectivity index is 1.80. The predicted molar refractivity (Wildman–Crippen MR) is 112 cm³/mol. The molecule has 1 saturated carbocycles. The summed E-state index contributed by atoms with van der Waals surface area (Å²) < 4.78 is 44.1. The third-order valence-electron chi connectivity index (χ3n) is 5.61. The average Bonchev–Trinajstić information content (AvgIpc) is 3.16. The van der Waals surface area contributed by atoms with E-state index >= 15 is 0 Å². The van der Waals surface area contributed by atoms with Crippen molar-refractivity contribution in [2.75, 3.05) is 13.1 Å². The molecule has 170 valence electrons.